The van der Waals surface area contributed by atoms with Crippen LogP contribution in [-0.2, 0) is 14.2 Å². The highest BCUT2D eigenvalue weighted by molar-refractivity contribution is 5.19. The fourth-order valence-electron chi connectivity index (χ4n) is 8.93. The van der Waals surface area contributed by atoms with Crippen molar-refractivity contribution in [2.75, 3.05) is 0 Å². The molecule has 0 radical (unpaired) electrons. The van der Waals surface area contributed by atoms with Crippen LogP contribution in [0.25, 0.3) is 0 Å². The first kappa shape index (κ1) is 16.8. The van der Waals surface area contributed by atoms with Crippen molar-refractivity contribution in [1.29, 1.82) is 0 Å². The number of fused-ring (bicyclic) bond motifs is 10. The summed E-state index contributed by atoms with van der Waals surface area (Å²) in [6, 6.07) is 0. The van der Waals surface area contributed by atoms with Gasteiger partial charge in [-0.2, -0.15) is 0 Å². The number of hydrogen-bond acceptors (Lipinski definition) is 3. The van der Waals surface area contributed by atoms with Gasteiger partial charge >= 0.3 is 0 Å². The van der Waals surface area contributed by atoms with Crippen molar-refractivity contribution in [3.05, 3.63) is 0 Å². The van der Waals surface area contributed by atoms with Gasteiger partial charge in [0.25, 0.3) is 0 Å². The van der Waals surface area contributed by atoms with Crippen molar-refractivity contribution in [3.8, 4) is 0 Å². The van der Waals surface area contributed by atoms with E-state index in [1.165, 1.54) is 38.5 Å². The largest absolute Gasteiger partial charge is 0.369 e. The lowest BCUT2D eigenvalue weighted by Gasteiger charge is -2.61. The molecule has 0 aromatic rings. The maximum atomic E-state index is 6.69. The van der Waals surface area contributed by atoms with E-state index >= 15 is 0 Å². The summed E-state index contributed by atoms with van der Waals surface area (Å²) in [5.74, 6) is 3.26. The number of epoxide rings is 1. The van der Waals surface area contributed by atoms with Crippen LogP contribution >= 0.6 is 0 Å². The van der Waals surface area contributed by atoms with Crippen molar-refractivity contribution < 1.29 is 14.2 Å². The van der Waals surface area contributed by atoms with Crippen molar-refractivity contribution in [2.45, 2.75) is 103 Å². The van der Waals surface area contributed by atoms with Crippen molar-refractivity contribution in [2.24, 2.45) is 40.4 Å². The molecular weight excluding hydrogens is 324 g/mol. The number of rotatable bonds is 0. The van der Waals surface area contributed by atoms with E-state index in [4.69, 9.17) is 14.2 Å². The molecule has 0 bridgehead atoms. The zero-order valence-corrected chi connectivity index (χ0v) is 17.2. The molecule has 4 saturated carbocycles. The third-order valence-corrected chi connectivity index (χ3v) is 9.77. The highest BCUT2D eigenvalue weighted by Gasteiger charge is 2.72. The number of ether oxygens (including phenoxy) is 3. The molecule has 4 aliphatic carbocycles. The standard InChI is InChI=1S/C23H36O3/c1-12-10-14-16-13(6-8-22(14,4)11-12)23(5)9-7-15-18(24-15)17(23)20-19(16)25-21(2,3)26-20/h12-20H,6-11H2,1-5H3/t12?,13?,14?,15-,16?,17?,18?,19-,20-,22-,23-/m1/s1. The fourth-order valence-corrected chi connectivity index (χ4v) is 8.93. The van der Waals surface area contributed by atoms with Gasteiger partial charge in [0.2, 0.25) is 0 Å². The van der Waals surface area contributed by atoms with Gasteiger partial charge in [0.1, 0.15) is 0 Å². The smallest absolute Gasteiger partial charge is 0.163 e. The highest BCUT2D eigenvalue weighted by Crippen LogP contribution is 2.70. The molecule has 2 saturated heterocycles. The Morgan fingerprint density at radius 2 is 1.62 bits per heavy atom. The van der Waals surface area contributed by atoms with E-state index < -0.39 is 5.79 Å². The molecule has 0 amide bonds. The molecule has 2 aliphatic heterocycles. The van der Waals surface area contributed by atoms with E-state index in [0.29, 0.717) is 34.9 Å². The van der Waals surface area contributed by atoms with Crippen LogP contribution in [-0.4, -0.2) is 30.2 Å². The molecule has 6 unspecified atom stereocenters. The molecular formula is C23H36O3. The van der Waals surface area contributed by atoms with Gasteiger partial charge in [-0.3, -0.25) is 0 Å². The van der Waals surface area contributed by atoms with Crippen LogP contribution in [0.5, 0.6) is 0 Å². The maximum absolute atomic E-state index is 6.69. The lowest BCUT2D eigenvalue weighted by Crippen LogP contribution is -2.63. The minimum absolute atomic E-state index is 0.241. The van der Waals surface area contributed by atoms with Crippen molar-refractivity contribution >= 4 is 0 Å². The maximum Gasteiger partial charge on any atom is 0.163 e. The van der Waals surface area contributed by atoms with Gasteiger partial charge in [0.15, 0.2) is 5.79 Å². The molecule has 11 atom stereocenters. The Bertz CT molecular complexity index is 631. The van der Waals surface area contributed by atoms with Gasteiger partial charge in [-0.05, 0) is 86.9 Å². The molecule has 26 heavy (non-hydrogen) atoms. The molecule has 3 heteroatoms. The lowest BCUT2D eigenvalue weighted by molar-refractivity contribution is -0.173. The first-order valence-electron chi connectivity index (χ1n) is 11.2. The Balaban J connectivity index is 1.46. The van der Waals surface area contributed by atoms with Gasteiger partial charge in [-0.25, -0.2) is 0 Å². The normalized spacial score (nSPS) is 64.7. The minimum Gasteiger partial charge on any atom is -0.369 e. The predicted molar refractivity (Wildman–Crippen MR) is 99.5 cm³/mol. The second kappa shape index (κ2) is 4.89. The Labute approximate surface area is 158 Å². The SMILES string of the molecule is CC1CC2C3C(CC[C@]2(C)C1)[C@@]1(C)CC[C@H]2OC2C1[C@H]1OC(C)(C)O[C@H]31. The second-order valence-electron chi connectivity index (χ2n) is 11.8. The number of hydrogen-bond donors (Lipinski definition) is 0. The molecule has 6 fully saturated rings. The van der Waals surface area contributed by atoms with Gasteiger partial charge in [0, 0.05) is 5.92 Å². The van der Waals surface area contributed by atoms with Crippen LogP contribution < -0.4 is 0 Å². The van der Waals surface area contributed by atoms with Crippen LogP contribution in [0.1, 0.15) is 73.1 Å². The van der Waals surface area contributed by atoms with E-state index in [2.05, 4.69) is 34.6 Å². The predicted octanol–water partition coefficient (Wildman–Crippen LogP) is 4.78. The Kier molecular flexibility index (Phi) is 3.16. The van der Waals surface area contributed by atoms with Crippen LogP contribution in [0.2, 0.25) is 0 Å². The lowest BCUT2D eigenvalue weighted by atomic mass is 9.44. The molecule has 0 spiro atoms. The van der Waals surface area contributed by atoms with Gasteiger partial charge in [0.05, 0.1) is 24.4 Å². The third kappa shape index (κ3) is 2.01. The van der Waals surface area contributed by atoms with Crippen molar-refractivity contribution in [3.63, 3.8) is 0 Å². The quantitative estimate of drug-likeness (QED) is 0.582. The molecule has 0 N–H and O–H groups in total. The summed E-state index contributed by atoms with van der Waals surface area (Å²) < 4.78 is 19.5. The molecule has 6 aliphatic rings. The summed E-state index contributed by atoms with van der Waals surface area (Å²) >= 11 is 0. The van der Waals surface area contributed by atoms with Gasteiger partial charge < -0.3 is 14.2 Å². The zero-order chi connectivity index (χ0) is 18.1. The van der Waals surface area contributed by atoms with Crippen LogP contribution in [0, 0.1) is 40.4 Å². The summed E-state index contributed by atoms with van der Waals surface area (Å²) in [6.07, 6.45) is 9.69. The fraction of sp³-hybridized carbons (Fsp3) is 1.00. The molecule has 146 valence electrons. The van der Waals surface area contributed by atoms with Crippen molar-refractivity contribution in [1.82, 2.24) is 0 Å². The first-order chi connectivity index (χ1) is 12.2. The average Bonchev–Trinajstić information content (AvgIpc) is 3.15. The van der Waals surface area contributed by atoms with E-state index in [-0.39, 0.29) is 12.2 Å². The average molecular weight is 361 g/mol. The summed E-state index contributed by atoms with van der Waals surface area (Å²) in [6.45, 7) is 11.9. The zero-order valence-electron chi connectivity index (χ0n) is 17.2. The van der Waals surface area contributed by atoms with Crippen LogP contribution in [0.3, 0.4) is 0 Å². The molecule has 0 aromatic heterocycles. The molecule has 6 rings (SSSR count). The summed E-state index contributed by atoms with van der Waals surface area (Å²) in [4.78, 5) is 0. The third-order valence-electron chi connectivity index (χ3n) is 9.77. The van der Waals surface area contributed by atoms with Gasteiger partial charge in [-0.15, -0.1) is 0 Å². The van der Waals surface area contributed by atoms with E-state index in [1.807, 2.05) is 0 Å². The van der Waals surface area contributed by atoms with E-state index in [1.54, 1.807) is 0 Å². The highest BCUT2D eigenvalue weighted by atomic mass is 16.8. The Morgan fingerprint density at radius 1 is 0.846 bits per heavy atom. The molecule has 3 nitrogen and oxygen atoms in total. The van der Waals surface area contributed by atoms with Crippen LogP contribution in [0.15, 0.2) is 0 Å². The minimum atomic E-state index is -0.439. The van der Waals surface area contributed by atoms with E-state index in [0.717, 1.165) is 17.8 Å². The Morgan fingerprint density at radius 3 is 2.42 bits per heavy atom. The monoisotopic (exact) mass is 360 g/mol. The summed E-state index contributed by atoms with van der Waals surface area (Å²) in [5.41, 5.74) is 0.901. The van der Waals surface area contributed by atoms with Gasteiger partial charge in [-0.1, -0.05) is 20.8 Å². The molecule has 2 heterocycles. The first-order valence-corrected chi connectivity index (χ1v) is 11.2. The Hall–Kier alpha value is -0.120. The topological polar surface area (TPSA) is 31.0 Å². The molecule has 0 aromatic carbocycles. The summed E-state index contributed by atoms with van der Waals surface area (Å²) in [5, 5.41) is 0. The second-order valence-corrected chi connectivity index (χ2v) is 11.8. The van der Waals surface area contributed by atoms with Crippen LogP contribution in [0.4, 0.5) is 0 Å². The van der Waals surface area contributed by atoms with E-state index in [9.17, 15) is 0 Å². The summed E-state index contributed by atoms with van der Waals surface area (Å²) in [7, 11) is 0.